The van der Waals surface area contributed by atoms with Crippen LogP contribution in [0.3, 0.4) is 0 Å². The molecule has 2 aliphatic heterocycles. The third-order valence-electron chi connectivity index (χ3n) is 4.77. The van der Waals surface area contributed by atoms with Crippen LogP contribution in [0.4, 0.5) is 5.95 Å². The summed E-state index contributed by atoms with van der Waals surface area (Å²) in [6, 6.07) is 3.72. The van der Waals surface area contributed by atoms with Crippen molar-refractivity contribution in [2.75, 3.05) is 44.3 Å². The molecule has 0 N–H and O–H groups in total. The predicted octanol–water partition coefficient (Wildman–Crippen LogP) is 1.91. The van der Waals surface area contributed by atoms with Gasteiger partial charge in [0.15, 0.2) is 0 Å². The number of aromatic nitrogens is 2. The fourth-order valence-electron chi connectivity index (χ4n) is 3.54. The number of hydrogen-bond acceptors (Lipinski definition) is 6. The van der Waals surface area contributed by atoms with Crippen molar-refractivity contribution in [1.29, 1.82) is 0 Å². The molecule has 4 rings (SSSR count). The van der Waals surface area contributed by atoms with Crippen LogP contribution in [0.5, 0.6) is 0 Å². The summed E-state index contributed by atoms with van der Waals surface area (Å²) < 4.78 is 5.86. The lowest BCUT2D eigenvalue weighted by Gasteiger charge is -2.31. The lowest BCUT2D eigenvalue weighted by Crippen LogP contribution is -2.43. The topological polar surface area (TPSA) is 58.6 Å². The molecule has 0 aromatic carbocycles. The van der Waals surface area contributed by atoms with Gasteiger partial charge in [-0.3, -0.25) is 4.79 Å². The van der Waals surface area contributed by atoms with Crippen LogP contribution in [0, 0.1) is 5.41 Å². The Morgan fingerprint density at radius 1 is 1.25 bits per heavy atom. The molecule has 2 saturated heterocycles. The summed E-state index contributed by atoms with van der Waals surface area (Å²) in [5, 5.41) is 3.86. The van der Waals surface area contributed by atoms with Crippen molar-refractivity contribution in [3.8, 4) is 0 Å². The highest BCUT2D eigenvalue weighted by Crippen LogP contribution is 2.35. The van der Waals surface area contributed by atoms with Crippen molar-refractivity contribution in [1.82, 2.24) is 14.9 Å². The highest BCUT2D eigenvalue weighted by Gasteiger charge is 2.43. The summed E-state index contributed by atoms with van der Waals surface area (Å²) in [6.45, 7) is 4.38. The Bertz CT molecular complexity index is 694. The smallest absolute Gasteiger partial charge is 0.254 e. The van der Waals surface area contributed by atoms with E-state index in [0.717, 1.165) is 37.6 Å². The lowest BCUT2D eigenvalue weighted by molar-refractivity contribution is 0.0691. The Balaban J connectivity index is 1.51. The Kier molecular flexibility index (Phi) is 4.20. The van der Waals surface area contributed by atoms with Crippen molar-refractivity contribution < 1.29 is 9.53 Å². The summed E-state index contributed by atoms with van der Waals surface area (Å²) in [5.74, 6) is 0.866. The number of amides is 1. The predicted molar refractivity (Wildman–Crippen MR) is 92.3 cm³/mol. The van der Waals surface area contributed by atoms with Gasteiger partial charge in [0, 0.05) is 49.4 Å². The van der Waals surface area contributed by atoms with E-state index in [1.54, 1.807) is 23.7 Å². The third kappa shape index (κ3) is 3.01. The van der Waals surface area contributed by atoms with E-state index in [-0.39, 0.29) is 11.3 Å². The molecule has 1 spiro atoms. The second-order valence-corrected chi connectivity index (χ2v) is 7.29. The van der Waals surface area contributed by atoms with Gasteiger partial charge in [-0.25, -0.2) is 9.97 Å². The van der Waals surface area contributed by atoms with Gasteiger partial charge in [0.25, 0.3) is 5.91 Å². The summed E-state index contributed by atoms with van der Waals surface area (Å²) in [7, 11) is 0. The maximum Gasteiger partial charge on any atom is 0.254 e. The molecule has 24 heavy (non-hydrogen) atoms. The van der Waals surface area contributed by atoms with E-state index in [1.165, 1.54) is 0 Å². The molecular formula is C17H20N4O2S. The van der Waals surface area contributed by atoms with E-state index >= 15 is 0 Å². The molecule has 126 valence electrons. The maximum absolute atomic E-state index is 12.7. The Morgan fingerprint density at radius 2 is 2.12 bits per heavy atom. The fraction of sp³-hybridized carbons (Fsp3) is 0.471. The first-order valence-electron chi connectivity index (χ1n) is 8.17. The van der Waals surface area contributed by atoms with E-state index in [0.29, 0.717) is 19.8 Å². The van der Waals surface area contributed by atoms with Crippen molar-refractivity contribution in [2.45, 2.75) is 6.42 Å². The quantitative estimate of drug-likeness (QED) is 0.833. The molecule has 6 nitrogen and oxygen atoms in total. The van der Waals surface area contributed by atoms with E-state index in [2.05, 4.69) is 14.9 Å². The molecule has 0 radical (unpaired) electrons. The van der Waals surface area contributed by atoms with Crippen LogP contribution >= 0.6 is 11.3 Å². The minimum atomic E-state index is -0.0403. The molecule has 0 bridgehead atoms. The van der Waals surface area contributed by atoms with Gasteiger partial charge in [0.1, 0.15) is 0 Å². The zero-order valence-electron chi connectivity index (χ0n) is 13.4. The number of rotatable bonds is 2. The minimum absolute atomic E-state index is 0.0403. The molecule has 2 aliphatic rings. The first-order chi connectivity index (χ1) is 11.8. The minimum Gasteiger partial charge on any atom is -0.379 e. The lowest BCUT2D eigenvalue weighted by atomic mass is 9.87. The van der Waals surface area contributed by atoms with Crippen LogP contribution in [0.15, 0.2) is 35.3 Å². The summed E-state index contributed by atoms with van der Waals surface area (Å²) in [5.41, 5.74) is 0.736. The van der Waals surface area contributed by atoms with Crippen LogP contribution in [0.2, 0.25) is 0 Å². The maximum atomic E-state index is 12.7. The highest BCUT2D eigenvalue weighted by molar-refractivity contribution is 7.08. The van der Waals surface area contributed by atoms with Gasteiger partial charge in [-0.2, -0.15) is 11.3 Å². The summed E-state index contributed by atoms with van der Waals surface area (Å²) in [6.07, 6.45) is 4.52. The Hall–Kier alpha value is -1.99. The molecule has 2 aromatic rings. The molecule has 2 aromatic heterocycles. The second kappa shape index (κ2) is 6.49. The van der Waals surface area contributed by atoms with Crippen molar-refractivity contribution >= 4 is 23.2 Å². The average molecular weight is 344 g/mol. The van der Waals surface area contributed by atoms with Gasteiger partial charge in [-0.1, -0.05) is 0 Å². The van der Waals surface area contributed by atoms with Crippen molar-refractivity contribution in [3.63, 3.8) is 0 Å². The molecule has 4 heterocycles. The monoisotopic (exact) mass is 344 g/mol. The van der Waals surface area contributed by atoms with Crippen molar-refractivity contribution in [2.24, 2.45) is 5.41 Å². The van der Waals surface area contributed by atoms with Crippen LogP contribution < -0.4 is 4.90 Å². The highest BCUT2D eigenvalue weighted by atomic mass is 32.1. The van der Waals surface area contributed by atoms with Crippen LogP contribution in [-0.2, 0) is 4.74 Å². The number of carbonyl (C=O) groups excluding carboxylic acids is 1. The number of nitrogens with zero attached hydrogens (tertiary/aromatic N) is 4. The summed E-state index contributed by atoms with van der Waals surface area (Å²) in [4.78, 5) is 25.6. The number of carbonyl (C=O) groups is 1. The zero-order chi connectivity index (χ0) is 16.4. The van der Waals surface area contributed by atoms with Gasteiger partial charge >= 0.3 is 0 Å². The van der Waals surface area contributed by atoms with Gasteiger partial charge in [-0.15, -0.1) is 0 Å². The molecule has 0 saturated carbocycles. The SMILES string of the molecule is O=C(c1ccsc1)N1CCOC[C@@]2(CCN(c3ncccn3)C2)C1. The number of hydrogen-bond donors (Lipinski definition) is 0. The van der Waals surface area contributed by atoms with Crippen LogP contribution in [0.1, 0.15) is 16.8 Å². The van der Waals surface area contributed by atoms with Gasteiger partial charge in [-0.05, 0) is 23.9 Å². The first kappa shape index (κ1) is 15.5. The molecule has 1 atom stereocenters. The van der Waals surface area contributed by atoms with Gasteiger partial charge in [0.2, 0.25) is 5.95 Å². The number of ether oxygens (including phenoxy) is 1. The largest absolute Gasteiger partial charge is 0.379 e. The van der Waals surface area contributed by atoms with E-state index in [4.69, 9.17) is 4.74 Å². The van der Waals surface area contributed by atoms with Crippen molar-refractivity contribution in [3.05, 3.63) is 40.8 Å². The first-order valence-corrected chi connectivity index (χ1v) is 9.11. The Labute approximate surface area is 145 Å². The van der Waals surface area contributed by atoms with E-state index in [1.807, 2.05) is 27.8 Å². The second-order valence-electron chi connectivity index (χ2n) is 6.51. The molecule has 0 aliphatic carbocycles. The van der Waals surface area contributed by atoms with E-state index < -0.39 is 0 Å². The zero-order valence-corrected chi connectivity index (χ0v) is 14.2. The molecular weight excluding hydrogens is 324 g/mol. The molecule has 2 fully saturated rings. The Morgan fingerprint density at radius 3 is 2.92 bits per heavy atom. The standard InChI is InChI=1S/C17H20N4O2S/c22-15(14-2-9-24-10-14)20-7-8-23-13-17(11-20)3-6-21(12-17)16-18-4-1-5-19-16/h1-2,4-5,9-10H,3,6-8,11-13H2/t17-/m0/s1. The fourth-order valence-corrected chi connectivity index (χ4v) is 4.17. The average Bonchev–Trinajstić information content (AvgIpc) is 3.24. The van der Waals surface area contributed by atoms with Crippen LogP contribution in [0.25, 0.3) is 0 Å². The molecule has 1 amide bonds. The van der Waals surface area contributed by atoms with Crippen LogP contribution in [-0.4, -0.2) is 60.2 Å². The molecule has 0 unspecified atom stereocenters. The third-order valence-corrected chi connectivity index (χ3v) is 5.45. The normalized spacial score (nSPS) is 24.3. The van der Waals surface area contributed by atoms with Gasteiger partial charge in [0.05, 0.1) is 18.8 Å². The summed E-state index contributed by atoms with van der Waals surface area (Å²) >= 11 is 1.56. The number of anilines is 1. The van der Waals surface area contributed by atoms with Gasteiger partial charge < -0.3 is 14.5 Å². The van der Waals surface area contributed by atoms with E-state index in [9.17, 15) is 4.79 Å². The number of thiophene rings is 1. The molecule has 7 heteroatoms.